The quantitative estimate of drug-likeness (QED) is 0.503. The lowest BCUT2D eigenvalue weighted by atomic mass is 9.87. The first kappa shape index (κ1) is 17.4. The minimum absolute atomic E-state index is 0.338. The van der Waals surface area contributed by atoms with Gasteiger partial charge in [-0.15, -0.1) is 0 Å². The highest BCUT2D eigenvalue weighted by atomic mass is 35.5. The van der Waals surface area contributed by atoms with Gasteiger partial charge in [-0.1, -0.05) is 23.7 Å². The zero-order valence-electron chi connectivity index (χ0n) is 14.3. The van der Waals surface area contributed by atoms with E-state index < -0.39 is 0 Å². The molecule has 0 radical (unpaired) electrons. The lowest BCUT2D eigenvalue weighted by molar-refractivity contribution is 0.156. The number of para-hydroxylation sites is 1. The van der Waals surface area contributed by atoms with Crippen molar-refractivity contribution in [1.29, 1.82) is 0 Å². The Morgan fingerprint density at radius 1 is 1.42 bits per heavy atom. The Bertz CT molecular complexity index is 573. The molecule has 0 saturated carbocycles. The first-order valence-electron chi connectivity index (χ1n) is 8.71. The zero-order valence-corrected chi connectivity index (χ0v) is 15.0. The summed E-state index contributed by atoms with van der Waals surface area (Å²) in [5.41, 5.74) is 0.338. The van der Waals surface area contributed by atoms with Crippen LogP contribution in [0.4, 0.5) is 0 Å². The molecule has 1 spiro atoms. The van der Waals surface area contributed by atoms with Crippen LogP contribution >= 0.6 is 11.6 Å². The SMILES string of the molecule is CCNC(=NCCOc1ccccc1Cl)N1CCC2(CCOC2)C1. The van der Waals surface area contributed by atoms with Gasteiger partial charge in [0.25, 0.3) is 0 Å². The minimum atomic E-state index is 0.338. The summed E-state index contributed by atoms with van der Waals surface area (Å²) < 4.78 is 11.3. The standard InChI is InChI=1S/C18H26ClN3O2/c1-2-20-17(22-10-7-18(13-22)8-11-23-14-18)21-9-12-24-16-6-4-3-5-15(16)19/h3-6H,2,7-14H2,1H3,(H,20,21). The molecular formula is C18H26ClN3O2. The number of guanidine groups is 1. The van der Waals surface area contributed by atoms with Crippen LogP contribution in [0.5, 0.6) is 5.75 Å². The van der Waals surface area contributed by atoms with Gasteiger partial charge in [-0.3, -0.25) is 0 Å². The number of rotatable bonds is 5. The molecule has 1 N–H and O–H groups in total. The predicted octanol–water partition coefficient (Wildman–Crippen LogP) is 2.80. The molecule has 0 aromatic heterocycles. The Hall–Kier alpha value is -1.46. The number of aliphatic imine (C=N–C) groups is 1. The monoisotopic (exact) mass is 351 g/mol. The van der Waals surface area contributed by atoms with E-state index in [9.17, 15) is 0 Å². The Morgan fingerprint density at radius 3 is 3.04 bits per heavy atom. The maximum Gasteiger partial charge on any atom is 0.194 e. The smallest absolute Gasteiger partial charge is 0.194 e. The fraction of sp³-hybridized carbons (Fsp3) is 0.611. The van der Waals surface area contributed by atoms with Crippen LogP contribution in [0.15, 0.2) is 29.3 Å². The van der Waals surface area contributed by atoms with Crippen molar-refractivity contribution in [2.24, 2.45) is 10.4 Å². The molecule has 24 heavy (non-hydrogen) atoms. The van der Waals surface area contributed by atoms with Crippen molar-refractivity contribution in [3.63, 3.8) is 0 Å². The van der Waals surface area contributed by atoms with Crippen LogP contribution in [0.3, 0.4) is 0 Å². The fourth-order valence-electron chi connectivity index (χ4n) is 3.38. The van der Waals surface area contributed by atoms with Crippen molar-refractivity contribution in [3.8, 4) is 5.75 Å². The number of hydrogen-bond acceptors (Lipinski definition) is 3. The number of nitrogens with one attached hydrogen (secondary N) is 1. The van der Waals surface area contributed by atoms with Gasteiger partial charge in [0.15, 0.2) is 5.96 Å². The van der Waals surface area contributed by atoms with E-state index >= 15 is 0 Å². The average molecular weight is 352 g/mol. The van der Waals surface area contributed by atoms with Crippen molar-refractivity contribution >= 4 is 17.6 Å². The average Bonchev–Trinajstić information content (AvgIpc) is 3.22. The van der Waals surface area contributed by atoms with Gasteiger partial charge in [-0.25, -0.2) is 4.99 Å². The summed E-state index contributed by atoms with van der Waals surface area (Å²) in [6.45, 7) is 7.94. The van der Waals surface area contributed by atoms with Crippen molar-refractivity contribution < 1.29 is 9.47 Å². The highest BCUT2D eigenvalue weighted by Crippen LogP contribution is 2.38. The third kappa shape index (κ3) is 4.14. The number of nitrogens with zero attached hydrogens (tertiary/aromatic N) is 2. The van der Waals surface area contributed by atoms with Gasteiger partial charge in [0.1, 0.15) is 12.4 Å². The summed E-state index contributed by atoms with van der Waals surface area (Å²) in [4.78, 5) is 7.07. The molecule has 1 aromatic rings. The van der Waals surface area contributed by atoms with Gasteiger partial charge in [0.2, 0.25) is 0 Å². The van der Waals surface area contributed by atoms with Crippen LogP contribution in [0.1, 0.15) is 19.8 Å². The highest BCUT2D eigenvalue weighted by Gasteiger charge is 2.42. The number of halogens is 1. The molecule has 2 saturated heterocycles. The van der Waals surface area contributed by atoms with Crippen LogP contribution < -0.4 is 10.1 Å². The summed E-state index contributed by atoms with van der Waals surface area (Å²) >= 11 is 6.10. The third-order valence-electron chi connectivity index (χ3n) is 4.70. The molecule has 2 heterocycles. The second-order valence-corrected chi connectivity index (χ2v) is 6.90. The summed E-state index contributed by atoms with van der Waals surface area (Å²) in [5.74, 6) is 1.69. The van der Waals surface area contributed by atoms with Gasteiger partial charge < -0.3 is 19.7 Å². The Balaban J connectivity index is 1.53. The van der Waals surface area contributed by atoms with Crippen molar-refractivity contribution in [1.82, 2.24) is 10.2 Å². The summed E-state index contributed by atoms with van der Waals surface area (Å²) in [6.07, 6.45) is 2.35. The Kier molecular flexibility index (Phi) is 5.85. The van der Waals surface area contributed by atoms with E-state index in [1.165, 1.54) is 12.8 Å². The van der Waals surface area contributed by atoms with Crippen molar-refractivity contribution in [3.05, 3.63) is 29.3 Å². The molecule has 1 aromatic carbocycles. The van der Waals surface area contributed by atoms with Crippen molar-refractivity contribution in [2.45, 2.75) is 19.8 Å². The lowest BCUT2D eigenvalue weighted by Gasteiger charge is -2.25. The normalized spacial score (nSPS) is 23.9. The molecule has 0 aliphatic carbocycles. The number of ether oxygens (including phenoxy) is 2. The van der Waals surface area contributed by atoms with E-state index in [0.717, 1.165) is 38.8 Å². The van der Waals surface area contributed by atoms with E-state index in [-0.39, 0.29) is 0 Å². The molecule has 6 heteroatoms. The predicted molar refractivity (Wildman–Crippen MR) is 97.0 cm³/mol. The molecule has 2 aliphatic rings. The van der Waals surface area contributed by atoms with E-state index in [0.29, 0.717) is 29.3 Å². The molecule has 2 fully saturated rings. The zero-order chi connectivity index (χ0) is 16.8. The summed E-state index contributed by atoms with van der Waals surface area (Å²) in [5, 5.41) is 4.03. The van der Waals surface area contributed by atoms with Gasteiger partial charge in [0.05, 0.1) is 18.2 Å². The summed E-state index contributed by atoms with van der Waals surface area (Å²) in [7, 11) is 0. The summed E-state index contributed by atoms with van der Waals surface area (Å²) in [6, 6.07) is 7.52. The second-order valence-electron chi connectivity index (χ2n) is 6.49. The molecule has 1 atom stereocenters. The highest BCUT2D eigenvalue weighted by molar-refractivity contribution is 6.32. The number of benzene rings is 1. The van der Waals surface area contributed by atoms with Crippen LogP contribution in [-0.2, 0) is 4.74 Å². The largest absolute Gasteiger partial charge is 0.490 e. The Morgan fingerprint density at radius 2 is 2.29 bits per heavy atom. The molecule has 3 rings (SSSR count). The van der Waals surface area contributed by atoms with Gasteiger partial charge >= 0.3 is 0 Å². The molecule has 0 amide bonds. The van der Waals surface area contributed by atoms with E-state index in [1.54, 1.807) is 0 Å². The van der Waals surface area contributed by atoms with Gasteiger partial charge in [-0.2, -0.15) is 0 Å². The number of likely N-dealkylation sites (tertiary alicyclic amines) is 1. The number of hydrogen-bond donors (Lipinski definition) is 1. The first-order valence-corrected chi connectivity index (χ1v) is 9.09. The molecular weight excluding hydrogens is 326 g/mol. The minimum Gasteiger partial charge on any atom is -0.490 e. The van der Waals surface area contributed by atoms with E-state index in [4.69, 9.17) is 26.1 Å². The van der Waals surface area contributed by atoms with Crippen molar-refractivity contribution in [2.75, 3.05) is 46.0 Å². The maximum atomic E-state index is 6.10. The van der Waals surface area contributed by atoms with Gasteiger partial charge in [-0.05, 0) is 31.9 Å². The van der Waals surface area contributed by atoms with Crippen LogP contribution in [0, 0.1) is 5.41 Å². The third-order valence-corrected chi connectivity index (χ3v) is 5.02. The molecule has 1 unspecified atom stereocenters. The van der Waals surface area contributed by atoms with Gasteiger partial charge in [0, 0.05) is 31.7 Å². The fourth-order valence-corrected chi connectivity index (χ4v) is 3.57. The molecule has 2 aliphatic heterocycles. The Labute approximate surface area is 149 Å². The van der Waals surface area contributed by atoms with E-state index in [2.05, 4.69) is 17.1 Å². The molecule has 5 nitrogen and oxygen atoms in total. The van der Waals surface area contributed by atoms with Crippen LogP contribution in [-0.4, -0.2) is 56.9 Å². The van der Waals surface area contributed by atoms with E-state index in [1.807, 2.05) is 24.3 Å². The first-order chi connectivity index (χ1) is 11.7. The van der Waals surface area contributed by atoms with Crippen LogP contribution in [0.25, 0.3) is 0 Å². The maximum absolute atomic E-state index is 6.10. The second kappa shape index (κ2) is 8.08. The molecule has 132 valence electrons. The lowest BCUT2D eigenvalue weighted by Crippen LogP contribution is -2.41. The topological polar surface area (TPSA) is 46.1 Å². The van der Waals surface area contributed by atoms with Crippen LogP contribution in [0.2, 0.25) is 5.02 Å². The molecule has 0 bridgehead atoms.